The second-order valence-electron chi connectivity index (χ2n) is 6.62. The van der Waals surface area contributed by atoms with Crippen LogP contribution in [-0.2, 0) is 0 Å². The lowest BCUT2D eigenvalue weighted by molar-refractivity contribution is 0.415. The van der Waals surface area contributed by atoms with Gasteiger partial charge in [0.2, 0.25) is 0 Å². The fraction of sp³-hybridized carbons (Fsp3) is 0.0435. The highest BCUT2D eigenvalue weighted by Crippen LogP contribution is 2.36. The Kier molecular flexibility index (Phi) is 4.38. The van der Waals surface area contributed by atoms with Crippen molar-refractivity contribution in [3.63, 3.8) is 0 Å². The zero-order chi connectivity index (χ0) is 20.0. The Morgan fingerprint density at radius 1 is 0.897 bits per heavy atom. The van der Waals surface area contributed by atoms with Gasteiger partial charge in [-0.05, 0) is 42.5 Å². The monoisotopic (exact) mass is 419 g/mol. The standard InChI is InChI=1S/C23H15Cl2N3O/c1-29-16-10-11-20-17(12-16)23-18(13-26-20)22(14-6-8-15(24)9-7-14)27-28(23)21-5-3-2-4-19(21)25/h2-13H,1H3. The average Bonchev–Trinajstić information content (AvgIpc) is 3.14. The Balaban J connectivity index is 1.92. The highest BCUT2D eigenvalue weighted by atomic mass is 35.5. The third-order valence-corrected chi connectivity index (χ3v) is 5.48. The minimum absolute atomic E-state index is 0.618. The average molecular weight is 420 g/mol. The number of aromatic nitrogens is 3. The Morgan fingerprint density at radius 3 is 2.45 bits per heavy atom. The summed E-state index contributed by atoms with van der Waals surface area (Å²) in [5, 5.41) is 8.09. The van der Waals surface area contributed by atoms with Crippen LogP contribution in [0.2, 0.25) is 10.0 Å². The molecule has 0 aliphatic rings. The summed E-state index contributed by atoms with van der Waals surface area (Å²) in [4.78, 5) is 4.65. The van der Waals surface area contributed by atoms with Crippen LogP contribution in [-0.4, -0.2) is 21.9 Å². The molecule has 5 rings (SSSR count). The number of hydrogen-bond acceptors (Lipinski definition) is 3. The number of rotatable bonds is 3. The van der Waals surface area contributed by atoms with Crippen molar-refractivity contribution in [1.82, 2.24) is 14.8 Å². The molecular weight excluding hydrogens is 405 g/mol. The van der Waals surface area contributed by atoms with Crippen LogP contribution in [0.5, 0.6) is 5.75 Å². The molecule has 0 fully saturated rings. The van der Waals surface area contributed by atoms with Crippen LogP contribution in [0.15, 0.2) is 72.9 Å². The first kappa shape index (κ1) is 18.0. The summed E-state index contributed by atoms with van der Waals surface area (Å²) in [6, 6.07) is 21.1. The molecular formula is C23H15Cl2N3O. The molecule has 0 atom stereocenters. The topological polar surface area (TPSA) is 39.9 Å². The molecule has 0 radical (unpaired) electrons. The number of methoxy groups -OCH3 is 1. The van der Waals surface area contributed by atoms with Gasteiger partial charge in [-0.3, -0.25) is 4.98 Å². The Hall–Kier alpha value is -3.08. The highest BCUT2D eigenvalue weighted by Gasteiger charge is 2.18. The van der Waals surface area contributed by atoms with E-state index in [0.29, 0.717) is 10.0 Å². The Morgan fingerprint density at radius 2 is 1.69 bits per heavy atom. The molecule has 0 N–H and O–H groups in total. The molecule has 4 nitrogen and oxygen atoms in total. The van der Waals surface area contributed by atoms with E-state index in [9.17, 15) is 0 Å². The van der Waals surface area contributed by atoms with Crippen molar-refractivity contribution in [2.75, 3.05) is 7.11 Å². The maximum atomic E-state index is 6.53. The van der Waals surface area contributed by atoms with E-state index in [2.05, 4.69) is 4.98 Å². The zero-order valence-corrected chi connectivity index (χ0v) is 16.9. The lowest BCUT2D eigenvalue weighted by Crippen LogP contribution is -1.98. The van der Waals surface area contributed by atoms with Crippen LogP contribution in [0.1, 0.15) is 0 Å². The quantitative estimate of drug-likeness (QED) is 0.332. The molecule has 142 valence electrons. The van der Waals surface area contributed by atoms with Gasteiger partial charge >= 0.3 is 0 Å². The summed E-state index contributed by atoms with van der Waals surface area (Å²) in [5.41, 5.74) is 4.35. The summed E-state index contributed by atoms with van der Waals surface area (Å²) in [6.07, 6.45) is 1.86. The largest absolute Gasteiger partial charge is 0.497 e. The van der Waals surface area contributed by atoms with Crippen molar-refractivity contribution in [1.29, 1.82) is 0 Å². The van der Waals surface area contributed by atoms with Gasteiger partial charge < -0.3 is 4.74 Å². The predicted molar refractivity (Wildman–Crippen MR) is 118 cm³/mol. The fourth-order valence-corrected chi connectivity index (χ4v) is 3.85. The molecule has 3 aromatic carbocycles. The second-order valence-corrected chi connectivity index (χ2v) is 7.47. The maximum Gasteiger partial charge on any atom is 0.119 e. The molecule has 5 aromatic rings. The van der Waals surface area contributed by atoms with Gasteiger partial charge in [0.1, 0.15) is 11.4 Å². The van der Waals surface area contributed by atoms with E-state index in [1.807, 2.05) is 77.6 Å². The number of nitrogens with zero attached hydrogens (tertiary/aromatic N) is 3. The summed E-state index contributed by atoms with van der Waals surface area (Å²) in [6.45, 7) is 0. The molecule has 0 aliphatic carbocycles. The van der Waals surface area contributed by atoms with E-state index in [0.717, 1.165) is 44.5 Å². The summed E-state index contributed by atoms with van der Waals surface area (Å²) >= 11 is 12.6. The van der Waals surface area contributed by atoms with Crippen molar-refractivity contribution in [2.45, 2.75) is 0 Å². The third kappa shape index (κ3) is 3.01. The smallest absolute Gasteiger partial charge is 0.119 e. The van der Waals surface area contributed by atoms with Gasteiger partial charge in [0.15, 0.2) is 0 Å². The number of hydrogen-bond donors (Lipinski definition) is 0. The van der Waals surface area contributed by atoms with Crippen LogP contribution in [0.3, 0.4) is 0 Å². The normalized spacial score (nSPS) is 11.3. The minimum atomic E-state index is 0.618. The Labute approximate surface area is 177 Å². The zero-order valence-electron chi connectivity index (χ0n) is 15.4. The second kappa shape index (κ2) is 7.07. The first-order valence-electron chi connectivity index (χ1n) is 9.02. The van der Waals surface area contributed by atoms with Crippen molar-refractivity contribution in [2.24, 2.45) is 0 Å². The lowest BCUT2D eigenvalue weighted by atomic mass is 10.1. The summed E-state index contributed by atoms with van der Waals surface area (Å²) < 4.78 is 7.33. The summed E-state index contributed by atoms with van der Waals surface area (Å²) in [7, 11) is 1.65. The summed E-state index contributed by atoms with van der Waals surface area (Å²) in [5.74, 6) is 0.756. The van der Waals surface area contributed by atoms with Crippen LogP contribution in [0.4, 0.5) is 0 Å². The number of fused-ring (bicyclic) bond motifs is 3. The van der Waals surface area contributed by atoms with Gasteiger partial charge in [0.05, 0.1) is 28.9 Å². The van der Waals surface area contributed by atoms with E-state index < -0.39 is 0 Å². The van der Waals surface area contributed by atoms with Crippen LogP contribution >= 0.6 is 23.2 Å². The predicted octanol–water partition coefficient (Wildman–Crippen LogP) is 6.56. The molecule has 2 aromatic heterocycles. The first-order valence-corrected chi connectivity index (χ1v) is 9.77. The molecule has 0 unspecified atom stereocenters. The molecule has 0 bridgehead atoms. The van der Waals surface area contributed by atoms with Crippen molar-refractivity contribution < 1.29 is 4.74 Å². The van der Waals surface area contributed by atoms with Gasteiger partial charge in [0, 0.05) is 27.6 Å². The molecule has 0 amide bonds. The van der Waals surface area contributed by atoms with Gasteiger partial charge in [0.25, 0.3) is 0 Å². The van der Waals surface area contributed by atoms with E-state index in [1.165, 1.54) is 0 Å². The van der Waals surface area contributed by atoms with E-state index in [1.54, 1.807) is 7.11 Å². The SMILES string of the molecule is COc1ccc2ncc3c(-c4ccc(Cl)cc4)nn(-c4ccccc4Cl)c3c2c1. The van der Waals surface area contributed by atoms with Crippen molar-refractivity contribution >= 4 is 45.0 Å². The minimum Gasteiger partial charge on any atom is -0.497 e. The van der Waals surface area contributed by atoms with E-state index >= 15 is 0 Å². The number of benzene rings is 3. The molecule has 29 heavy (non-hydrogen) atoms. The van der Waals surface area contributed by atoms with E-state index in [4.69, 9.17) is 33.0 Å². The first-order chi connectivity index (χ1) is 14.2. The van der Waals surface area contributed by atoms with E-state index in [-0.39, 0.29) is 0 Å². The molecule has 2 heterocycles. The van der Waals surface area contributed by atoms with Crippen LogP contribution in [0.25, 0.3) is 38.8 Å². The number of ether oxygens (including phenoxy) is 1. The highest BCUT2D eigenvalue weighted by molar-refractivity contribution is 6.32. The lowest BCUT2D eigenvalue weighted by Gasteiger charge is -2.08. The van der Waals surface area contributed by atoms with Gasteiger partial charge in [-0.2, -0.15) is 5.10 Å². The molecule has 0 aliphatic heterocycles. The van der Waals surface area contributed by atoms with Gasteiger partial charge in [-0.1, -0.05) is 47.5 Å². The third-order valence-electron chi connectivity index (χ3n) is 4.91. The number of halogens is 2. The number of para-hydroxylation sites is 1. The van der Waals surface area contributed by atoms with Crippen molar-refractivity contribution in [3.05, 3.63) is 83.0 Å². The van der Waals surface area contributed by atoms with Crippen molar-refractivity contribution in [3.8, 4) is 22.7 Å². The van der Waals surface area contributed by atoms with Gasteiger partial charge in [-0.25, -0.2) is 4.68 Å². The van der Waals surface area contributed by atoms with Gasteiger partial charge in [-0.15, -0.1) is 0 Å². The van der Waals surface area contributed by atoms with Crippen LogP contribution < -0.4 is 4.74 Å². The maximum absolute atomic E-state index is 6.53. The molecule has 0 saturated heterocycles. The van der Waals surface area contributed by atoms with Crippen LogP contribution in [0, 0.1) is 0 Å². The molecule has 6 heteroatoms. The molecule has 0 saturated carbocycles. The number of pyridine rings is 1. The Bertz CT molecular complexity index is 1360. The molecule has 0 spiro atoms. The fourth-order valence-electron chi connectivity index (χ4n) is 3.51.